The van der Waals surface area contributed by atoms with E-state index in [1.54, 1.807) is 0 Å². The van der Waals surface area contributed by atoms with E-state index in [0.29, 0.717) is 0 Å². The van der Waals surface area contributed by atoms with Crippen LogP contribution in [0.2, 0.25) is 0 Å². The molecule has 0 aliphatic carbocycles. The minimum atomic E-state index is 0.239. The highest BCUT2D eigenvalue weighted by Crippen LogP contribution is 2.28. The third kappa shape index (κ3) is 3.17. The van der Waals surface area contributed by atoms with Crippen LogP contribution in [0.4, 0.5) is 0 Å². The molecule has 1 atom stereocenters. The second-order valence-corrected chi connectivity index (χ2v) is 6.95. The Balaban J connectivity index is 1.56. The number of benzene rings is 1. The molecule has 2 aromatic rings. The van der Waals surface area contributed by atoms with Crippen LogP contribution >= 0.6 is 0 Å². The third-order valence-electron chi connectivity index (χ3n) is 5.13. The van der Waals surface area contributed by atoms with E-state index in [-0.39, 0.29) is 6.17 Å². The lowest BCUT2D eigenvalue weighted by atomic mass is 9.97. The quantitative estimate of drug-likeness (QED) is 0.863. The number of aromatic nitrogens is 1. The molecule has 2 aliphatic rings. The smallest absolute Gasteiger partial charge is 0.122 e. The van der Waals surface area contributed by atoms with Gasteiger partial charge in [0.15, 0.2) is 0 Å². The van der Waals surface area contributed by atoms with Crippen molar-refractivity contribution in [1.29, 1.82) is 0 Å². The molecule has 0 saturated carbocycles. The van der Waals surface area contributed by atoms with Gasteiger partial charge < -0.3 is 10.2 Å². The van der Waals surface area contributed by atoms with Crippen LogP contribution in [-0.4, -0.2) is 16.0 Å². The first-order valence-corrected chi connectivity index (χ1v) is 9.38. The van der Waals surface area contributed by atoms with Gasteiger partial charge in [-0.3, -0.25) is 4.98 Å². The van der Waals surface area contributed by atoms with Gasteiger partial charge >= 0.3 is 0 Å². The van der Waals surface area contributed by atoms with Gasteiger partial charge in [0.05, 0.1) is 5.70 Å². The Morgan fingerprint density at radius 2 is 2.00 bits per heavy atom. The Hall–Kier alpha value is -2.81. The molecular weight excluding hydrogens is 318 g/mol. The Morgan fingerprint density at radius 1 is 1.15 bits per heavy atom. The Labute approximate surface area is 155 Å². The van der Waals surface area contributed by atoms with E-state index in [2.05, 4.69) is 83.8 Å². The lowest BCUT2D eigenvalue weighted by Gasteiger charge is -2.28. The van der Waals surface area contributed by atoms with Crippen LogP contribution in [0, 0.1) is 6.92 Å². The number of rotatable bonds is 5. The number of hydrogen-bond acceptors (Lipinski definition) is 3. The molecule has 26 heavy (non-hydrogen) atoms. The van der Waals surface area contributed by atoms with Gasteiger partial charge in [-0.05, 0) is 53.8 Å². The normalized spacial score (nSPS) is 17.8. The summed E-state index contributed by atoms with van der Waals surface area (Å²) in [5, 5.41) is 3.34. The predicted molar refractivity (Wildman–Crippen MR) is 107 cm³/mol. The van der Waals surface area contributed by atoms with Crippen LogP contribution in [0.5, 0.6) is 0 Å². The molecular formula is C23H25N3. The van der Waals surface area contributed by atoms with Crippen LogP contribution in [-0.2, 0) is 12.8 Å². The SMILES string of the molecule is CCCc1c(C)ccnc1Cc1ccc(C2=CC=CC3NC=CN23)cc1. The average Bonchev–Trinajstić information content (AvgIpc) is 3.14. The molecule has 1 aromatic heterocycles. The largest absolute Gasteiger partial charge is 0.366 e. The predicted octanol–water partition coefficient (Wildman–Crippen LogP) is 4.55. The third-order valence-corrected chi connectivity index (χ3v) is 5.13. The highest BCUT2D eigenvalue weighted by molar-refractivity contribution is 5.69. The molecule has 4 rings (SSSR count). The van der Waals surface area contributed by atoms with Crippen molar-refractivity contribution in [2.24, 2.45) is 0 Å². The standard InChI is InChI=1S/C23H25N3/c1-3-5-20-17(2)12-13-24-21(20)16-18-8-10-19(11-9-18)22-6-4-7-23-25-14-15-26(22)23/h4,6-15,23,25H,3,5,16H2,1-2H3. The summed E-state index contributed by atoms with van der Waals surface area (Å²) in [5.41, 5.74) is 7.75. The second kappa shape index (κ2) is 7.20. The summed E-state index contributed by atoms with van der Waals surface area (Å²) in [6.07, 6.45) is 15.9. The molecule has 2 aliphatic heterocycles. The Morgan fingerprint density at radius 3 is 2.81 bits per heavy atom. The van der Waals surface area contributed by atoms with Crippen molar-refractivity contribution in [1.82, 2.24) is 15.2 Å². The molecule has 3 heterocycles. The van der Waals surface area contributed by atoms with E-state index in [1.807, 2.05) is 12.4 Å². The summed E-state index contributed by atoms with van der Waals surface area (Å²) < 4.78 is 0. The monoisotopic (exact) mass is 343 g/mol. The number of nitrogens with zero attached hydrogens (tertiary/aromatic N) is 2. The van der Waals surface area contributed by atoms with Crippen molar-refractivity contribution in [3.63, 3.8) is 0 Å². The molecule has 1 unspecified atom stereocenters. The van der Waals surface area contributed by atoms with E-state index < -0.39 is 0 Å². The van der Waals surface area contributed by atoms with Gasteiger partial charge in [-0.15, -0.1) is 0 Å². The van der Waals surface area contributed by atoms with Gasteiger partial charge in [0, 0.05) is 30.7 Å². The van der Waals surface area contributed by atoms with E-state index >= 15 is 0 Å². The van der Waals surface area contributed by atoms with Crippen molar-refractivity contribution in [3.8, 4) is 0 Å². The lowest BCUT2D eigenvalue weighted by molar-refractivity contribution is 0.446. The highest BCUT2D eigenvalue weighted by atomic mass is 15.3. The van der Waals surface area contributed by atoms with E-state index in [4.69, 9.17) is 0 Å². The van der Waals surface area contributed by atoms with Gasteiger partial charge in [-0.1, -0.05) is 43.7 Å². The topological polar surface area (TPSA) is 28.2 Å². The first-order chi connectivity index (χ1) is 12.8. The zero-order valence-corrected chi connectivity index (χ0v) is 15.4. The average molecular weight is 343 g/mol. The number of pyridine rings is 1. The van der Waals surface area contributed by atoms with Gasteiger partial charge in [0.2, 0.25) is 0 Å². The number of hydrogen-bond donors (Lipinski definition) is 1. The maximum Gasteiger partial charge on any atom is 0.122 e. The van der Waals surface area contributed by atoms with E-state index in [1.165, 1.54) is 33.6 Å². The second-order valence-electron chi connectivity index (χ2n) is 6.95. The van der Waals surface area contributed by atoms with Gasteiger partial charge in [0.1, 0.15) is 6.17 Å². The van der Waals surface area contributed by atoms with Crippen molar-refractivity contribution >= 4 is 5.70 Å². The molecule has 3 heteroatoms. The zero-order valence-electron chi connectivity index (χ0n) is 15.4. The first kappa shape index (κ1) is 16.6. The van der Waals surface area contributed by atoms with E-state index in [9.17, 15) is 0 Å². The summed E-state index contributed by atoms with van der Waals surface area (Å²) in [6.45, 7) is 4.42. The zero-order chi connectivity index (χ0) is 17.9. The van der Waals surface area contributed by atoms with Gasteiger partial charge in [-0.2, -0.15) is 0 Å². The fourth-order valence-electron chi connectivity index (χ4n) is 3.73. The lowest BCUT2D eigenvalue weighted by Crippen LogP contribution is -2.33. The van der Waals surface area contributed by atoms with Crippen molar-refractivity contribution < 1.29 is 0 Å². The summed E-state index contributed by atoms with van der Waals surface area (Å²) in [4.78, 5) is 6.92. The van der Waals surface area contributed by atoms with Crippen LogP contribution in [0.3, 0.4) is 0 Å². The van der Waals surface area contributed by atoms with Crippen molar-refractivity contribution in [2.45, 2.75) is 39.3 Å². The first-order valence-electron chi connectivity index (χ1n) is 9.38. The van der Waals surface area contributed by atoms with Gasteiger partial charge in [-0.25, -0.2) is 0 Å². The fraction of sp³-hybridized carbons (Fsp3) is 0.261. The van der Waals surface area contributed by atoms with Crippen LogP contribution < -0.4 is 5.32 Å². The van der Waals surface area contributed by atoms with Crippen LogP contribution in [0.1, 0.15) is 41.3 Å². The minimum absolute atomic E-state index is 0.239. The maximum absolute atomic E-state index is 4.66. The summed E-state index contributed by atoms with van der Waals surface area (Å²) in [7, 11) is 0. The van der Waals surface area contributed by atoms with Gasteiger partial charge in [0.25, 0.3) is 0 Å². The molecule has 0 bridgehead atoms. The highest BCUT2D eigenvalue weighted by Gasteiger charge is 2.22. The van der Waals surface area contributed by atoms with E-state index in [0.717, 1.165) is 19.3 Å². The molecule has 132 valence electrons. The van der Waals surface area contributed by atoms with Crippen LogP contribution in [0.25, 0.3) is 5.70 Å². The number of fused-ring (bicyclic) bond motifs is 1. The molecule has 3 nitrogen and oxygen atoms in total. The Kier molecular flexibility index (Phi) is 4.61. The molecule has 1 aromatic carbocycles. The number of allylic oxidation sites excluding steroid dienone is 2. The molecule has 0 saturated heterocycles. The molecule has 0 spiro atoms. The number of nitrogens with one attached hydrogen (secondary N) is 1. The fourth-order valence-corrected chi connectivity index (χ4v) is 3.73. The van der Waals surface area contributed by atoms with Crippen molar-refractivity contribution in [3.05, 3.63) is 95.1 Å². The molecule has 0 amide bonds. The summed E-state index contributed by atoms with van der Waals surface area (Å²) in [5.74, 6) is 0. The summed E-state index contributed by atoms with van der Waals surface area (Å²) >= 11 is 0. The Bertz CT molecular complexity index is 875. The maximum atomic E-state index is 4.66. The molecule has 1 N–H and O–H groups in total. The molecule has 0 fully saturated rings. The molecule has 0 radical (unpaired) electrons. The van der Waals surface area contributed by atoms with Crippen LogP contribution in [0.15, 0.2) is 67.2 Å². The van der Waals surface area contributed by atoms with Crippen molar-refractivity contribution in [2.75, 3.05) is 0 Å². The minimum Gasteiger partial charge on any atom is -0.366 e. The summed E-state index contributed by atoms with van der Waals surface area (Å²) in [6, 6.07) is 11.0. The number of aryl methyl sites for hydroxylation is 1.